The van der Waals surface area contributed by atoms with Crippen molar-refractivity contribution >= 4 is 11.8 Å². The zero-order chi connectivity index (χ0) is 26.2. The minimum Gasteiger partial charge on any atom is -0.369 e. The number of amides is 2. The van der Waals surface area contributed by atoms with Crippen molar-refractivity contribution in [1.82, 2.24) is 29.5 Å². The molecular formula is C23H25F6N7O. The van der Waals surface area contributed by atoms with Gasteiger partial charge >= 0.3 is 18.4 Å². The standard InChI is InChI=1S/C23H25F6N7O/c24-22(25,26)18-32-13-36(33-18)16-5-20(6-16)11-35(12-20)19(37)34-8-15(9-34)14-1-2-17(30-7-14)31-10-21(3-4-21)23(27,28)29/h1-2,7,13,15-16H,3-6,8-12H2,(H,30,31). The van der Waals surface area contributed by atoms with Crippen LogP contribution in [0.5, 0.6) is 0 Å². The fraction of sp³-hybridized carbons (Fsp3) is 0.652. The second kappa shape index (κ2) is 7.97. The van der Waals surface area contributed by atoms with Gasteiger partial charge in [-0.25, -0.2) is 19.4 Å². The molecule has 2 amide bonds. The van der Waals surface area contributed by atoms with Crippen molar-refractivity contribution in [2.24, 2.45) is 10.8 Å². The van der Waals surface area contributed by atoms with Crippen molar-refractivity contribution in [1.29, 1.82) is 0 Å². The second-order valence-corrected chi connectivity index (χ2v) is 11.0. The van der Waals surface area contributed by atoms with Gasteiger partial charge in [-0.15, -0.1) is 5.10 Å². The highest BCUT2D eigenvalue weighted by Gasteiger charge is 2.63. The summed E-state index contributed by atoms with van der Waals surface area (Å²) in [6, 6.07) is 3.31. The summed E-state index contributed by atoms with van der Waals surface area (Å²) in [6.07, 6.45) is -4.42. The zero-order valence-electron chi connectivity index (χ0n) is 19.7. The minimum atomic E-state index is -4.56. The predicted molar refractivity (Wildman–Crippen MR) is 117 cm³/mol. The molecular weight excluding hydrogens is 504 g/mol. The molecule has 8 nitrogen and oxygen atoms in total. The third-order valence-corrected chi connectivity index (χ3v) is 8.27. The first kappa shape index (κ1) is 24.3. The Labute approximate surface area is 208 Å². The van der Waals surface area contributed by atoms with Gasteiger partial charge in [0.15, 0.2) is 0 Å². The molecule has 2 aliphatic heterocycles. The van der Waals surface area contributed by atoms with E-state index in [4.69, 9.17) is 0 Å². The van der Waals surface area contributed by atoms with Gasteiger partial charge < -0.3 is 15.1 Å². The Hall–Kier alpha value is -3.06. The maximum absolute atomic E-state index is 13.1. The molecule has 0 radical (unpaired) electrons. The quantitative estimate of drug-likeness (QED) is 0.585. The molecule has 14 heteroatoms. The Morgan fingerprint density at radius 1 is 1.03 bits per heavy atom. The fourth-order valence-corrected chi connectivity index (χ4v) is 5.63. The van der Waals surface area contributed by atoms with Crippen LogP contribution in [0.1, 0.15) is 49.0 Å². The normalized spacial score (nSPS) is 22.9. The van der Waals surface area contributed by atoms with E-state index in [-0.39, 0.29) is 42.8 Å². The van der Waals surface area contributed by atoms with E-state index in [9.17, 15) is 31.1 Å². The molecule has 0 aromatic carbocycles. The predicted octanol–water partition coefficient (Wildman–Crippen LogP) is 4.30. The molecule has 0 atom stereocenters. The van der Waals surface area contributed by atoms with Crippen LogP contribution in [0.25, 0.3) is 0 Å². The highest BCUT2D eigenvalue weighted by Crippen LogP contribution is 2.57. The summed E-state index contributed by atoms with van der Waals surface area (Å²) in [5.74, 6) is -0.619. The van der Waals surface area contributed by atoms with E-state index >= 15 is 0 Å². The zero-order valence-corrected chi connectivity index (χ0v) is 19.7. The lowest BCUT2D eigenvalue weighted by molar-refractivity contribution is -0.182. The lowest BCUT2D eigenvalue weighted by Crippen LogP contribution is -2.67. The van der Waals surface area contributed by atoms with Gasteiger partial charge in [0.05, 0.1) is 11.5 Å². The van der Waals surface area contributed by atoms with Crippen molar-refractivity contribution in [3.05, 3.63) is 36.0 Å². The average molecular weight is 529 g/mol. The molecule has 1 spiro atoms. The molecule has 200 valence electrons. The first-order valence-electron chi connectivity index (χ1n) is 12.2. The molecule has 2 saturated heterocycles. The first-order valence-corrected chi connectivity index (χ1v) is 12.2. The lowest BCUT2D eigenvalue weighted by atomic mass is 9.61. The molecule has 2 aromatic rings. The Balaban J connectivity index is 0.935. The Morgan fingerprint density at radius 2 is 1.73 bits per heavy atom. The van der Waals surface area contributed by atoms with Gasteiger partial charge in [-0.2, -0.15) is 26.3 Å². The van der Waals surface area contributed by atoms with Gasteiger partial charge in [0, 0.05) is 50.3 Å². The SMILES string of the molecule is O=C(N1CC(c2ccc(NCC3(C(F)(F)F)CC3)nc2)C1)N1CC2(CC(n3cnc(C(F)(F)F)n3)C2)C1. The second-order valence-electron chi connectivity index (χ2n) is 11.0. The van der Waals surface area contributed by atoms with E-state index in [1.165, 1.54) is 4.68 Å². The monoisotopic (exact) mass is 529 g/mol. The van der Waals surface area contributed by atoms with Crippen LogP contribution in [0.3, 0.4) is 0 Å². The summed E-state index contributed by atoms with van der Waals surface area (Å²) < 4.78 is 78.6. The van der Waals surface area contributed by atoms with E-state index in [1.807, 2.05) is 6.07 Å². The number of nitrogens with one attached hydrogen (secondary N) is 1. The molecule has 4 heterocycles. The summed E-state index contributed by atoms with van der Waals surface area (Å²) in [5.41, 5.74) is -0.766. The molecule has 2 aromatic heterocycles. The van der Waals surface area contributed by atoms with E-state index in [2.05, 4.69) is 20.4 Å². The largest absolute Gasteiger partial charge is 0.453 e. The number of urea groups is 1. The number of carbonyl (C=O) groups excluding carboxylic acids is 1. The maximum atomic E-state index is 13.1. The summed E-state index contributed by atoms with van der Waals surface area (Å²) in [5, 5.41) is 6.34. The molecule has 0 unspecified atom stereocenters. The van der Waals surface area contributed by atoms with Crippen molar-refractivity contribution in [2.45, 2.75) is 50.0 Å². The van der Waals surface area contributed by atoms with Gasteiger partial charge in [0.25, 0.3) is 5.82 Å². The number of nitrogens with zero attached hydrogens (tertiary/aromatic N) is 6. The molecule has 37 heavy (non-hydrogen) atoms. The molecule has 2 saturated carbocycles. The van der Waals surface area contributed by atoms with E-state index in [1.54, 1.807) is 22.1 Å². The average Bonchev–Trinajstić information content (AvgIpc) is 3.38. The molecule has 6 rings (SSSR count). The number of pyridine rings is 1. The molecule has 4 fully saturated rings. The Kier molecular flexibility index (Phi) is 5.23. The van der Waals surface area contributed by atoms with Crippen molar-refractivity contribution in [2.75, 3.05) is 38.0 Å². The number of likely N-dealkylation sites (tertiary alicyclic amines) is 2. The van der Waals surface area contributed by atoms with Gasteiger partial charge in [0.1, 0.15) is 12.1 Å². The van der Waals surface area contributed by atoms with Crippen LogP contribution >= 0.6 is 0 Å². The number of aromatic nitrogens is 4. The van der Waals surface area contributed by atoms with Crippen LogP contribution in [-0.2, 0) is 6.18 Å². The minimum absolute atomic E-state index is 0.0569. The van der Waals surface area contributed by atoms with Gasteiger partial charge in [-0.3, -0.25) is 0 Å². The topological polar surface area (TPSA) is 79.2 Å². The van der Waals surface area contributed by atoms with E-state index < -0.39 is 23.6 Å². The third-order valence-electron chi connectivity index (χ3n) is 8.27. The summed E-state index contributed by atoms with van der Waals surface area (Å²) >= 11 is 0. The fourth-order valence-electron chi connectivity index (χ4n) is 5.63. The smallest absolute Gasteiger partial charge is 0.369 e. The highest BCUT2D eigenvalue weighted by atomic mass is 19.4. The molecule has 0 bridgehead atoms. The highest BCUT2D eigenvalue weighted by molar-refractivity contribution is 5.77. The number of hydrogen-bond acceptors (Lipinski definition) is 5. The Bertz CT molecular complexity index is 1170. The van der Waals surface area contributed by atoms with Crippen molar-refractivity contribution in [3.8, 4) is 0 Å². The molecule has 1 N–H and O–H groups in total. The summed E-state index contributed by atoms with van der Waals surface area (Å²) in [6.45, 7) is 2.04. The van der Waals surface area contributed by atoms with Crippen LogP contribution in [0.4, 0.5) is 37.0 Å². The van der Waals surface area contributed by atoms with Gasteiger partial charge in [-0.05, 0) is 37.3 Å². The van der Waals surface area contributed by atoms with Crippen LogP contribution < -0.4 is 5.32 Å². The maximum Gasteiger partial charge on any atom is 0.453 e. The van der Waals surface area contributed by atoms with E-state index in [0.717, 1.165) is 11.9 Å². The number of rotatable bonds is 5. The Morgan fingerprint density at radius 3 is 2.27 bits per heavy atom. The van der Waals surface area contributed by atoms with Crippen LogP contribution in [-0.4, -0.2) is 74.5 Å². The summed E-state index contributed by atoms with van der Waals surface area (Å²) in [4.78, 5) is 23.9. The van der Waals surface area contributed by atoms with Gasteiger partial charge in [-0.1, -0.05) is 6.07 Å². The number of anilines is 1. The lowest BCUT2D eigenvalue weighted by Gasteiger charge is -2.60. The number of hydrogen-bond donors (Lipinski definition) is 1. The summed E-state index contributed by atoms with van der Waals surface area (Å²) in [7, 11) is 0. The van der Waals surface area contributed by atoms with Crippen LogP contribution in [0.2, 0.25) is 0 Å². The number of carbonyl (C=O) groups is 1. The van der Waals surface area contributed by atoms with Crippen LogP contribution in [0, 0.1) is 10.8 Å². The van der Waals surface area contributed by atoms with Crippen molar-refractivity contribution in [3.63, 3.8) is 0 Å². The van der Waals surface area contributed by atoms with Crippen molar-refractivity contribution < 1.29 is 31.1 Å². The van der Waals surface area contributed by atoms with Gasteiger partial charge in [0.2, 0.25) is 0 Å². The number of halogens is 6. The third kappa shape index (κ3) is 4.27. The molecule has 4 aliphatic rings. The van der Waals surface area contributed by atoms with E-state index in [0.29, 0.717) is 44.8 Å². The number of alkyl halides is 6. The van der Waals surface area contributed by atoms with Crippen LogP contribution in [0.15, 0.2) is 24.7 Å². The molecule has 2 aliphatic carbocycles. The first-order chi connectivity index (χ1) is 17.4.